The van der Waals surface area contributed by atoms with Crippen molar-refractivity contribution in [2.75, 3.05) is 0 Å². The van der Waals surface area contributed by atoms with Crippen molar-refractivity contribution in [2.45, 2.75) is 51.4 Å². The summed E-state index contributed by atoms with van der Waals surface area (Å²) in [6.07, 6.45) is 10.4. The number of carbonyl (C=O) groups is 1. The topological polar surface area (TPSA) is 53.5 Å². The van der Waals surface area contributed by atoms with Gasteiger partial charge in [-0.15, -0.1) is 0 Å². The number of hydrogen-bond donors (Lipinski definition) is 0. The van der Waals surface area contributed by atoms with Crippen LogP contribution in [0.4, 0.5) is 0 Å². The summed E-state index contributed by atoms with van der Waals surface area (Å²) >= 11 is 0. The van der Waals surface area contributed by atoms with Crippen LogP contribution in [-0.4, -0.2) is 16.8 Å². The van der Waals surface area contributed by atoms with Crippen LogP contribution < -0.4 is 0 Å². The summed E-state index contributed by atoms with van der Waals surface area (Å²) in [6.45, 7) is 0. The Hall–Kier alpha value is -0.950. The molecular formula is C11H18N2O. The molecule has 0 atom stereocenters. The van der Waals surface area contributed by atoms with E-state index in [1.54, 1.807) is 0 Å². The molecular weight excluding hydrogens is 176 g/mol. The summed E-state index contributed by atoms with van der Waals surface area (Å²) in [4.78, 5) is 13.7. The van der Waals surface area contributed by atoms with Gasteiger partial charge in [-0.25, -0.2) is 0 Å². The second-order valence-electron chi connectivity index (χ2n) is 4.11. The van der Waals surface area contributed by atoms with Crippen LogP contribution in [0.25, 0.3) is 5.53 Å². The lowest BCUT2D eigenvalue weighted by atomic mass is 9.85. The zero-order valence-corrected chi connectivity index (χ0v) is 8.61. The van der Waals surface area contributed by atoms with Gasteiger partial charge in [0.2, 0.25) is 5.78 Å². The third-order valence-electron chi connectivity index (χ3n) is 2.96. The SMILES string of the molecule is [N-]=[N+]=CC(=O)CCCC1CCCCC1. The third kappa shape index (κ3) is 4.33. The second kappa shape index (κ2) is 6.50. The monoisotopic (exact) mass is 194 g/mol. The molecule has 0 spiro atoms. The molecule has 14 heavy (non-hydrogen) atoms. The normalized spacial score (nSPS) is 17.4. The first-order valence-electron chi connectivity index (χ1n) is 5.53. The van der Waals surface area contributed by atoms with Gasteiger partial charge < -0.3 is 5.53 Å². The Morgan fingerprint density at radius 3 is 2.71 bits per heavy atom. The molecule has 1 saturated carbocycles. The van der Waals surface area contributed by atoms with E-state index in [1.807, 2.05) is 0 Å². The molecule has 1 aliphatic carbocycles. The molecule has 1 rings (SSSR count). The molecule has 0 unspecified atom stereocenters. The van der Waals surface area contributed by atoms with Gasteiger partial charge in [0.05, 0.1) is 0 Å². The number of rotatable bonds is 5. The van der Waals surface area contributed by atoms with Crippen LogP contribution in [0.2, 0.25) is 0 Å². The molecule has 0 aromatic heterocycles. The van der Waals surface area contributed by atoms with Crippen molar-refractivity contribution in [2.24, 2.45) is 5.92 Å². The standard InChI is InChI=1S/C11H18N2O/c12-13-9-11(14)8-4-7-10-5-2-1-3-6-10/h9-10H,1-8H2. The molecule has 0 N–H and O–H groups in total. The van der Waals surface area contributed by atoms with Crippen LogP contribution in [0.1, 0.15) is 51.4 Å². The van der Waals surface area contributed by atoms with Crippen molar-refractivity contribution in [1.82, 2.24) is 0 Å². The average Bonchev–Trinajstić information content (AvgIpc) is 2.20. The Balaban J connectivity index is 2.07. The van der Waals surface area contributed by atoms with E-state index in [-0.39, 0.29) is 5.78 Å². The van der Waals surface area contributed by atoms with Crippen molar-refractivity contribution in [3.05, 3.63) is 5.53 Å². The molecule has 0 heterocycles. The van der Waals surface area contributed by atoms with E-state index in [1.165, 1.54) is 32.1 Å². The molecule has 1 fully saturated rings. The third-order valence-corrected chi connectivity index (χ3v) is 2.96. The van der Waals surface area contributed by atoms with Crippen LogP contribution in [0.3, 0.4) is 0 Å². The fourth-order valence-electron chi connectivity index (χ4n) is 2.17. The van der Waals surface area contributed by atoms with Gasteiger partial charge in [-0.1, -0.05) is 38.5 Å². The molecule has 0 radical (unpaired) electrons. The number of Topliss-reactive ketones (excluding diaryl/α,β-unsaturated/α-hetero) is 1. The molecule has 0 aromatic carbocycles. The van der Waals surface area contributed by atoms with E-state index in [0.29, 0.717) is 6.42 Å². The van der Waals surface area contributed by atoms with Crippen molar-refractivity contribution >= 4 is 12.0 Å². The Kier molecular flexibility index (Phi) is 5.16. The Morgan fingerprint density at radius 2 is 2.07 bits per heavy atom. The summed E-state index contributed by atoms with van der Waals surface area (Å²) in [6, 6.07) is 0. The van der Waals surface area contributed by atoms with Gasteiger partial charge >= 0.3 is 6.21 Å². The lowest BCUT2D eigenvalue weighted by Gasteiger charge is -2.20. The van der Waals surface area contributed by atoms with E-state index in [4.69, 9.17) is 5.53 Å². The molecule has 3 nitrogen and oxygen atoms in total. The highest BCUT2D eigenvalue weighted by Crippen LogP contribution is 2.27. The lowest BCUT2D eigenvalue weighted by Crippen LogP contribution is -2.07. The summed E-state index contributed by atoms with van der Waals surface area (Å²) in [5, 5.41) is 0. The van der Waals surface area contributed by atoms with E-state index in [9.17, 15) is 4.79 Å². The van der Waals surface area contributed by atoms with Gasteiger partial charge in [0.1, 0.15) is 0 Å². The minimum atomic E-state index is -0.0664. The molecule has 78 valence electrons. The van der Waals surface area contributed by atoms with Gasteiger partial charge in [-0.05, 0) is 12.3 Å². The highest BCUT2D eigenvalue weighted by Gasteiger charge is 2.13. The molecule has 0 aromatic rings. The largest absolute Gasteiger partial charge is 0.361 e. The summed E-state index contributed by atoms with van der Waals surface area (Å²) in [7, 11) is 0. The molecule has 0 amide bonds. The van der Waals surface area contributed by atoms with Crippen LogP contribution in [0.15, 0.2) is 0 Å². The molecule has 0 aliphatic heterocycles. The molecule has 3 heteroatoms. The van der Waals surface area contributed by atoms with Crippen LogP contribution in [-0.2, 0) is 4.79 Å². The van der Waals surface area contributed by atoms with E-state index in [2.05, 4.69) is 4.79 Å². The van der Waals surface area contributed by atoms with Crippen LogP contribution >= 0.6 is 0 Å². The maximum Gasteiger partial charge on any atom is 0.323 e. The maximum absolute atomic E-state index is 11.0. The van der Waals surface area contributed by atoms with Gasteiger partial charge in [0.25, 0.3) is 0 Å². The predicted molar refractivity (Wildman–Crippen MR) is 55.1 cm³/mol. The zero-order chi connectivity index (χ0) is 10.2. The first kappa shape index (κ1) is 11.1. The average molecular weight is 194 g/mol. The van der Waals surface area contributed by atoms with Gasteiger partial charge in [-0.2, -0.15) is 4.79 Å². The van der Waals surface area contributed by atoms with E-state index < -0.39 is 0 Å². The summed E-state index contributed by atoms with van der Waals surface area (Å²) in [5.74, 6) is 0.769. The van der Waals surface area contributed by atoms with Crippen molar-refractivity contribution in [3.8, 4) is 0 Å². The second-order valence-corrected chi connectivity index (χ2v) is 4.11. The fourth-order valence-corrected chi connectivity index (χ4v) is 2.17. The Morgan fingerprint density at radius 1 is 1.36 bits per heavy atom. The number of hydrogen-bond acceptors (Lipinski definition) is 1. The van der Waals surface area contributed by atoms with Crippen molar-refractivity contribution in [1.29, 1.82) is 0 Å². The van der Waals surface area contributed by atoms with Crippen LogP contribution in [0.5, 0.6) is 0 Å². The maximum atomic E-state index is 11.0. The zero-order valence-electron chi connectivity index (χ0n) is 8.61. The highest BCUT2D eigenvalue weighted by atomic mass is 16.1. The van der Waals surface area contributed by atoms with Gasteiger partial charge in [0, 0.05) is 6.42 Å². The molecule has 1 aliphatic rings. The summed E-state index contributed by atoms with van der Waals surface area (Å²) in [5.41, 5.74) is 8.13. The van der Waals surface area contributed by atoms with Crippen molar-refractivity contribution in [3.63, 3.8) is 0 Å². The Labute approximate surface area is 85.1 Å². The van der Waals surface area contributed by atoms with E-state index >= 15 is 0 Å². The Bertz CT molecular complexity index is 225. The van der Waals surface area contributed by atoms with Gasteiger partial charge in [-0.3, -0.25) is 4.79 Å². The van der Waals surface area contributed by atoms with E-state index in [0.717, 1.165) is 25.0 Å². The smallest absolute Gasteiger partial charge is 0.323 e. The van der Waals surface area contributed by atoms with Gasteiger partial charge in [0.15, 0.2) is 0 Å². The summed E-state index contributed by atoms with van der Waals surface area (Å²) < 4.78 is 0. The quantitative estimate of drug-likeness (QED) is 0.377. The predicted octanol–water partition coefficient (Wildman–Crippen LogP) is 2.61. The first-order valence-corrected chi connectivity index (χ1v) is 5.53. The number of carbonyl (C=O) groups excluding carboxylic acids is 1. The van der Waals surface area contributed by atoms with Crippen LogP contribution in [0, 0.1) is 5.92 Å². The molecule has 0 saturated heterocycles. The fraction of sp³-hybridized carbons (Fsp3) is 0.818. The number of ketones is 1. The minimum absolute atomic E-state index is 0.0664. The minimum Gasteiger partial charge on any atom is -0.361 e. The lowest BCUT2D eigenvalue weighted by molar-refractivity contribution is -0.116. The first-order chi connectivity index (χ1) is 6.83. The van der Waals surface area contributed by atoms with Crippen molar-refractivity contribution < 1.29 is 9.58 Å². The highest BCUT2D eigenvalue weighted by molar-refractivity contribution is 6.25. The molecule has 0 bridgehead atoms. The number of nitrogens with zero attached hydrogens (tertiary/aromatic N) is 2.